The maximum absolute atomic E-state index is 11.7. The molecule has 0 bridgehead atoms. The summed E-state index contributed by atoms with van der Waals surface area (Å²) >= 11 is -2.52. The molecule has 0 N–H and O–H groups in total. The molecule has 1 heterocycles. The van der Waals surface area contributed by atoms with E-state index in [4.69, 9.17) is 26.3 Å². The Kier molecular flexibility index (Phi) is 10.9. The normalized spacial score (nSPS) is 26.5. The molecule has 0 saturated carbocycles. The Labute approximate surface area is 176 Å². The zero-order valence-corrected chi connectivity index (χ0v) is 22.3. The van der Waals surface area contributed by atoms with Crippen molar-refractivity contribution in [3.05, 3.63) is 0 Å². The Morgan fingerprint density at radius 2 is 1.50 bits per heavy atom. The average molecular weight is 591 g/mol. The van der Waals surface area contributed by atoms with Gasteiger partial charge in [0.25, 0.3) is 0 Å². The van der Waals surface area contributed by atoms with Crippen LogP contribution in [0.15, 0.2) is 0 Å². The van der Waals surface area contributed by atoms with E-state index in [9.17, 15) is 19.2 Å². The molecule has 1 aliphatic rings. The van der Waals surface area contributed by atoms with Gasteiger partial charge in [-0.2, -0.15) is 0 Å². The van der Waals surface area contributed by atoms with Crippen LogP contribution in [-0.4, -0.2) is 61.7 Å². The number of hydrogen-bond acceptors (Lipinski definition) is 10. The molecule has 1 rings (SSSR count). The molecule has 28 heavy (non-hydrogen) atoms. The van der Waals surface area contributed by atoms with Crippen molar-refractivity contribution in [2.45, 2.75) is 69.1 Å². The number of carbonyl (C=O) groups excluding carboxylic acids is 4. The van der Waals surface area contributed by atoms with Gasteiger partial charge in [0.2, 0.25) is 0 Å². The summed E-state index contributed by atoms with van der Waals surface area (Å²) in [4.78, 5) is 45.9. The third-order valence-electron chi connectivity index (χ3n) is 3.79. The molecular formula is C17H26HgO10. The molecule has 1 saturated heterocycles. The van der Waals surface area contributed by atoms with Crippen molar-refractivity contribution < 1.29 is 70.5 Å². The molecule has 1 aliphatic heterocycles. The minimum atomic E-state index is -2.52. The summed E-state index contributed by atoms with van der Waals surface area (Å²) in [5, 5.41) is 0. The molecule has 0 radical (unpaired) electrons. The molecule has 0 aliphatic carbocycles. The predicted molar refractivity (Wildman–Crippen MR) is 88.2 cm³/mol. The van der Waals surface area contributed by atoms with E-state index < -0.39 is 76.9 Å². The van der Waals surface area contributed by atoms with Gasteiger partial charge < -0.3 is 0 Å². The Hall–Kier alpha value is -1.26. The molecule has 0 aromatic heterocycles. The van der Waals surface area contributed by atoms with E-state index in [0.717, 1.165) is 0 Å². The maximum atomic E-state index is 11.7. The van der Waals surface area contributed by atoms with Crippen LogP contribution in [0.2, 0.25) is 3.43 Å². The van der Waals surface area contributed by atoms with Gasteiger partial charge in [0.05, 0.1) is 0 Å². The van der Waals surface area contributed by atoms with Gasteiger partial charge in [-0.3, -0.25) is 0 Å². The van der Waals surface area contributed by atoms with E-state index in [1.165, 1.54) is 27.7 Å². The first-order valence-corrected chi connectivity index (χ1v) is 14.5. The number of carbonyl (C=O) groups is 4. The third-order valence-corrected chi connectivity index (χ3v) is 10.8. The summed E-state index contributed by atoms with van der Waals surface area (Å²) in [5.41, 5.74) is 0. The summed E-state index contributed by atoms with van der Waals surface area (Å²) in [6, 6.07) is 0. The third kappa shape index (κ3) is 8.40. The number of esters is 3. The Bertz CT molecular complexity index is 566. The van der Waals surface area contributed by atoms with Gasteiger partial charge in [-0.1, -0.05) is 0 Å². The fourth-order valence-electron chi connectivity index (χ4n) is 2.76. The van der Waals surface area contributed by atoms with Crippen LogP contribution >= 0.6 is 0 Å². The van der Waals surface area contributed by atoms with Crippen molar-refractivity contribution >= 4 is 23.9 Å². The fraction of sp³-hybridized carbons (Fsp3) is 0.765. The number of hydrogen-bond donors (Lipinski definition) is 0. The van der Waals surface area contributed by atoms with Crippen molar-refractivity contribution in [1.29, 1.82) is 0 Å². The molecule has 10 nitrogen and oxygen atoms in total. The van der Waals surface area contributed by atoms with E-state index in [2.05, 4.69) is 0 Å². The van der Waals surface area contributed by atoms with Crippen molar-refractivity contribution in [1.82, 2.24) is 0 Å². The molecule has 156 valence electrons. The van der Waals surface area contributed by atoms with Crippen LogP contribution in [0.5, 0.6) is 0 Å². The predicted octanol–water partition coefficient (Wildman–Crippen LogP) is 0.913. The SMILES string of the molecule is CCCO[C@@H]1O[C@H](COC(C)=O)[C@@H](OC(C)=O)[C@H](OC(C)=O)[C@H]1[Hg][O]C(C)=O. The summed E-state index contributed by atoms with van der Waals surface area (Å²) < 4.78 is 32.2. The molecule has 0 amide bonds. The summed E-state index contributed by atoms with van der Waals surface area (Å²) in [7, 11) is 0. The van der Waals surface area contributed by atoms with Crippen LogP contribution in [0.4, 0.5) is 0 Å². The monoisotopic (exact) mass is 592 g/mol. The Balaban J connectivity index is 3.21. The van der Waals surface area contributed by atoms with E-state index in [1.54, 1.807) is 0 Å². The van der Waals surface area contributed by atoms with Crippen LogP contribution in [0.25, 0.3) is 0 Å². The zero-order chi connectivity index (χ0) is 21.3. The van der Waals surface area contributed by atoms with Crippen molar-refractivity contribution in [3.63, 3.8) is 0 Å². The van der Waals surface area contributed by atoms with E-state index >= 15 is 0 Å². The van der Waals surface area contributed by atoms with Gasteiger partial charge in [-0.25, -0.2) is 0 Å². The van der Waals surface area contributed by atoms with Crippen LogP contribution in [0.3, 0.4) is 0 Å². The molecule has 5 atom stereocenters. The summed E-state index contributed by atoms with van der Waals surface area (Å²) in [5.74, 6) is -2.19. The van der Waals surface area contributed by atoms with Crippen LogP contribution in [-0.2, 0) is 70.5 Å². The van der Waals surface area contributed by atoms with Gasteiger partial charge in [-0.15, -0.1) is 0 Å². The average Bonchev–Trinajstić information content (AvgIpc) is 2.58. The van der Waals surface area contributed by atoms with Gasteiger partial charge in [0, 0.05) is 0 Å². The summed E-state index contributed by atoms with van der Waals surface area (Å²) in [6.45, 7) is 7.02. The fourth-order valence-corrected chi connectivity index (χ4v) is 8.15. The Morgan fingerprint density at radius 3 is 2.00 bits per heavy atom. The first-order chi connectivity index (χ1) is 13.1. The second kappa shape index (κ2) is 12.3. The zero-order valence-electron chi connectivity index (χ0n) is 16.8. The quantitative estimate of drug-likeness (QED) is 0.217. The van der Waals surface area contributed by atoms with Crippen molar-refractivity contribution in [2.24, 2.45) is 0 Å². The first-order valence-electron chi connectivity index (χ1n) is 9.03. The van der Waals surface area contributed by atoms with Crippen LogP contribution < -0.4 is 0 Å². The van der Waals surface area contributed by atoms with Gasteiger partial charge in [-0.05, 0) is 0 Å². The van der Waals surface area contributed by atoms with E-state index in [1.807, 2.05) is 6.92 Å². The van der Waals surface area contributed by atoms with Crippen LogP contribution in [0, 0.1) is 0 Å². The first kappa shape index (κ1) is 24.8. The molecule has 1 fully saturated rings. The van der Waals surface area contributed by atoms with E-state index in [0.29, 0.717) is 13.0 Å². The van der Waals surface area contributed by atoms with Crippen molar-refractivity contribution in [3.8, 4) is 0 Å². The molecular weight excluding hydrogens is 565 g/mol. The summed E-state index contributed by atoms with van der Waals surface area (Å²) in [6.07, 6.45) is -2.99. The van der Waals surface area contributed by atoms with Crippen LogP contribution in [0.1, 0.15) is 41.0 Å². The minimum absolute atomic E-state index is 0.214. The Morgan fingerprint density at radius 1 is 0.893 bits per heavy atom. The van der Waals surface area contributed by atoms with Gasteiger partial charge in [0.15, 0.2) is 0 Å². The number of rotatable bonds is 9. The molecule has 0 unspecified atom stereocenters. The molecule has 11 heteroatoms. The van der Waals surface area contributed by atoms with Crippen molar-refractivity contribution in [2.75, 3.05) is 13.2 Å². The number of ether oxygens (including phenoxy) is 5. The molecule has 0 aromatic rings. The van der Waals surface area contributed by atoms with Gasteiger partial charge in [0.1, 0.15) is 0 Å². The topological polar surface area (TPSA) is 124 Å². The second-order valence-corrected chi connectivity index (χ2v) is 12.4. The standard InChI is InChI=1S/C15H23O8.C2H4O2.Hg/c1-5-6-19-14-7-12(21-10(3)17)15(22-11(4)18)13(23-14)8-20-9(2)16;1-2(3)4;/h7,12-15H,5-6,8H2,1-4H3;1H3,(H,3,4);/q;;+1/p-1/t12-,13-,14-,15+;;/m1../s1. The van der Waals surface area contributed by atoms with Gasteiger partial charge >= 0.3 is 177 Å². The van der Waals surface area contributed by atoms with E-state index in [-0.39, 0.29) is 6.61 Å². The second-order valence-electron chi connectivity index (χ2n) is 6.33. The molecule has 0 spiro atoms. The molecule has 0 aromatic carbocycles.